The Balaban J connectivity index is 1.30. The van der Waals surface area contributed by atoms with Crippen molar-refractivity contribution in [3.63, 3.8) is 0 Å². The Kier molecular flexibility index (Phi) is 5.95. The zero-order valence-electron chi connectivity index (χ0n) is 15.8. The van der Waals surface area contributed by atoms with Gasteiger partial charge in [0, 0.05) is 30.5 Å². The molecule has 0 atom stereocenters. The number of carbonyl (C=O) groups excluding carboxylic acids is 1. The van der Waals surface area contributed by atoms with Crippen LogP contribution in [0.15, 0.2) is 60.1 Å². The number of benzene rings is 1. The zero-order chi connectivity index (χ0) is 20.1. The Morgan fingerprint density at radius 2 is 1.97 bits per heavy atom. The number of hydrogen-bond donors (Lipinski definition) is 1. The fraction of sp³-hybridized carbons (Fsp3) is 0.227. The molecule has 148 valence electrons. The molecule has 0 bridgehead atoms. The SMILES string of the molecule is O=C(/C=C/c1ccccc1)N1CCC(c2csc(Nc3ccc(F)cn3)n2)CC1. The first-order valence-electron chi connectivity index (χ1n) is 9.53. The number of pyridine rings is 1. The quantitative estimate of drug-likeness (QED) is 0.614. The summed E-state index contributed by atoms with van der Waals surface area (Å²) in [4.78, 5) is 23.0. The van der Waals surface area contributed by atoms with E-state index in [-0.39, 0.29) is 11.7 Å². The fourth-order valence-corrected chi connectivity index (χ4v) is 4.12. The molecule has 0 aliphatic carbocycles. The Morgan fingerprint density at radius 3 is 2.69 bits per heavy atom. The van der Waals surface area contributed by atoms with Gasteiger partial charge < -0.3 is 10.2 Å². The standard InChI is InChI=1S/C22H21FN4OS/c23-18-7-8-20(24-14-18)26-22-25-19(15-29-22)17-10-12-27(13-11-17)21(28)9-6-16-4-2-1-3-5-16/h1-9,14-15,17H,10-13H2,(H,24,25,26)/b9-6+. The van der Waals surface area contributed by atoms with Gasteiger partial charge in [0.25, 0.3) is 0 Å². The van der Waals surface area contributed by atoms with Gasteiger partial charge in [-0.25, -0.2) is 14.4 Å². The number of rotatable bonds is 5. The summed E-state index contributed by atoms with van der Waals surface area (Å²) in [5.41, 5.74) is 2.06. The summed E-state index contributed by atoms with van der Waals surface area (Å²) in [6.45, 7) is 1.45. The molecular weight excluding hydrogens is 387 g/mol. The minimum Gasteiger partial charge on any atom is -0.339 e. The van der Waals surface area contributed by atoms with Crippen molar-refractivity contribution >= 4 is 34.3 Å². The van der Waals surface area contributed by atoms with E-state index in [9.17, 15) is 9.18 Å². The number of likely N-dealkylation sites (tertiary alicyclic amines) is 1. The number of halogens is 1. The maximum atomic E-state index is 13.0. The van der Waals surface area contributed by atoms with E-state index in [2.05, 4.69) is 15.3 Å². The lowest BCUT2D eigenvalue weighted by atomic mass is 9.94. The number of nitrogens with one attached hydrogen (secondary N) is 1. The molecule has 0 radical (unpaired) electrons. The molecule has 1 aliphatic heterocycles. The number of aromatic nitrogens is 2. The second-order valence-electron chi connectivity index (χ2n) is 6.91. The fourth-order valence-electron chi connectivity index (χ4n) is 3.32. The number of piperidine rings is 1. The first-order chi connectivity index (χ1) is 14.2. The van der Waals surface area contributed by atoms with Crippen LogP contribution in [0.2, 0.25) is 0 Å². The van der Waals surface area contributed by atoms with Gasteiger partial charge in [-0.3, -0.25) is 4.79 Å². The topological polar surface area (TPSA) is 58.1 Å². The highest BCUT2D eigenvalue weighted by molar-refractivity contribution is 7.13. The van der Waals surface area contributed by atoms with Crippen molar-refractivity contribution in [3.8, 4) is 0 Å². The summed E-state index contributed by atoms with van der Waals surface area (Å²) in [5.74, 6) is 0.591. The first-order valence-corrected chi connectivity index (χ1v) is 10.4. The number of carbonyl (C=O) groups is 1. The van der Waals surface area contributed by atoms with E-state index in [1.165, 1.54) is 23.6 Å². The second kappa shape index (κ2) is 8.96. The van der Waals surface area contributed by atoms with E-state index in [1.54, 1.807) is 12.1 Å². The van der Waals surface area contributed by atoms with Crippen molar-refractivity contribution in [3.05, 3.63) is 77.2 Å². The van der Waals surface area contributed by atoms with Crippen LogP contribution < -0.4 is 5.32 Å². The monoisotopic (exact) mass is 408 g/mol. The van der Waals surface area contributed by atoms with Crippen LogP contribution in [-0.4, -0.2) is 33.9 Å². The second-order valence-corrected chi connectivity index (χ2v) is 7.77. The molecular formula is C22H21FN4OS. The average Bonchev–Trinajstić information content (AvgIpc) is 3.23. The summed E-state index contributed by atoms with van der Waals surface area (Å²) < 4.78 is 13.0. The van der Waals surface area contributed by atoms with Crippen LogP contribution in [0.3, 0.4) is 0 Å². The van der Waals surface area contributed by atoms with Crippen LogP contribution >= 0.6 is 11.3 Å². The van der Waals surface area contributed by atoms with Crippen molar-refractivity contribution < 1.29 is 9.18 Å². The molecule has 5 nitrogen and oxygen atoms in total. The largest absolute Gasteiger partial charge is 0.339 e. The predicted molar refractivity (Wildman–Crippen MR) is 114 cm³/mol. The Bertz CT molecular complexity index is 980. The smallest absolute Gasteiger partial charge is 0.246 e. The predicted octanol–water partition coefficient (Wildman–Crippen LogP) is 4.84. The van der Waals surface area contributed by atoms with Crippen molar-refractivity contribution in [2.75, 3.05) is 18.4 Å². The summed E-state index contributed by atoms with van der Waals surface area (Å²) in [6, 6.07) is 12.8. The van der Waals surface area contributed by atoms with E-state index >= 15 is 0 Å². The van der Waals surface area contributed by atoms with Gasteiger partial charge in [-0.1, -0.05) is 30.3 Å². The highest BCUT2D eigenvalue weighted by Gasteiger charge is 2.24. The summed E-state index contributed by atoms with van der Waals surface area (Å²) in [6.07, 6.45) is 6.47. The van der Waals surface area contributed by atoms with Gasteiger partial charge in [0.2, 0.25) is 5.91 Å². The van der Waals surface area contributed by atoms with E-state index in [0.29, 0.717) is 11.7 Å². The lowest BCUT2D eigenvalue weighted by molar-refractivity contribution is -0.126. The molecule has 1 N–H and O–H groups in total. The summed E-state index contributed by atoms with van der Waals surface area (Å²) >= 11 is 1.51. The molecule has 1 fully saturated rings. The molecule has 0 unspecified atom stereocenters. The highest BCUT2D eigenvalue weighted by atomic mass is 32.1. The van der Waals surface area contributed by atoms with Crippen LogP contribution in [0.25, 0.3) is 6.08 Å². The lowest BCUT2D eigenvalue weighted by Gasteiger charge is -2.30. The maximum absolute atomic E-state index is 13.0. The average molecular weight is 409 g/mol. The third-order valence-corrected chi connectivity index (χ3v) is 5.70. The van der Waals surface area contributed by atoms with Gasteiger partial charge in [0.05, 0.1) is 11.9 Å². The van der Waals surface area contributed by atoms with E-state index in [1.807, 2.05) is 46.7 Å². The van der Waals surface area contributed by atoms with Gasteiger partial charge >= 0.3 is 0 Å². The van der Waals surface area contributed by atoms with Gasteiger partial charge in [-0.05, 0) is 36.6 Å². The number of thiazole rings is 1. The van der Waals surface area contributed by atoms with E-state index in [4.69, 9.17) is 0 Å². The molecule has 29 heavy (non-hydrogen) atoms. The number of anilines is 2. The molecule has 1 amide bonds. The number of amides is 1. The van der Waals surface area contributed by atoms with Crippen molar-refractivity contribution in [2.24, 2.45) is 0 Å². The van der Waals surface area contributed by atoms with E-state index < -0.39 is 0 Å². The van der Waals surface area contributed by atoms with Crippen LogP contribution in [0.1, 0.15) is 30.0 Å². The molecule has 3 aromatic rings. The molecule has 1 aliphatic rings. The third kappa shape index (κ3) is 5.06. The van der Waals surface area contributed by atoms with E-state index in [0.717, 1.165) is 42.3 Å². The van der Waals surface area contributed by atoms with Gasteiger partial charge in [-0.15, -0.1) is 11.3 Å². The minimum absolute atomic E-state index is 0.0512. The first kappa shape index (κ1) is 19.3. The minimum atomic E-state index is -0.365. The summed E-state index contributed by atoms with van der Waals surface area (Å²) in [5, 5.41) is 5.89. The molecule has 0 saturated carbocycles. The highest BCUT2D eigenvalue weighted by Crippen LogP contribution is 2.31. The van der Waals surface area contributed by atoms with Crippen molar-refractivity contribution in [2.45, 2.75) is 18.8 Å². The van der Waals surface area contributed by atoms with Crippen molar-refractivity contribution in [1.82, 2.24) is 14.9 Å². The van der Waals surface area contributed by atoms with Crippen LogP contribution in [0.4, 0.5) is 15.3 Å². The van der Waals surface area contributed by atoms with Crippen LogP contribution in [-0.2, 0) is 4.79 Å². The zero-order valence-corrected chi connectivity index (χ0v) is 16.6. The normalized spacial score (nSPS) is 15.0. The van der Waals surface area contributed by atoms with Crippen molar-refractivity contribution in [1.29, 1.82) is 0 Å². The molecule has 2 aromatic heterocycles. The van der Waals surface area contributed by atoms with Gasteiger partial charge in [0.15, 0.2) is 5.13 Å². The molecule has 1 aromatic carbocycles. The summed E-state index contributed by atoms with van der Waals surface area (Å²) in [7, 11) is 0. The molecule has 7 heteroatoms. The third-order valence-electron chi connectivity index (χ3n) is 4.93. The Labute approximate surface area is 172 Å². The molecule has 3 heterocycles. The maximum Gasteiger partial charge on any atom is 0.246 e. The number of nitrogens with zero attached hydrogens (tertiary/aromatic N) is 3. The van der Waals surface area contributed by atoms with Crippen LogP contribution in [0, 0.1) is 5.82 Å². The van der Waals surface area contributed by atoms with Crippen LogP contribution in [0.5, 0.6) is 0 Å². The molecule has 4 rings (SSSR count). The molecule has 0 spiro atoms. The molecule has 1 saturated heterocycles. The number of hydrogen-bond acceptors (Lipinski definition) is 5. The Morgan fingerprint density at radius 1 is 1.17 bits per heavy atom. The Hall–Kier alpha value is -3.06. The van der Waals surface area contributed by atoms with Gasteiger partial charge in [0.1, 0.15) is 11.6 Å². The lowest BCUT2D eigenvalue weighted by Crippen LogP contribution is -2.36. The van der Waals surface area contributed by atoms with Gasteiger partial charge in [-0.2, -0.15) is 0 Å².